The molecule has 2 N–H and O–H groups in total. The largest absolute Gasteiger partial charge is 0.480 e. The quantitative estimate of drug-likeness (QED) is 0.858. The summed E-state index contributed by atoms with van der Waals surface area (Å²) in [7, 11) is 0. The van der Waals surface area contributed by atoms with Gasteiger partial charge in [0, 0.05) is 16.5 Å². The summed E-state index contributed by atoms with van der Waals surface area (Å²) < 4.78 is 5.28. The Morgan fingerprint density at radius 3 is 2.26 bits per heavy atom. The van der Waals surface area contributed by atoms with E-state index in [1.54, 1.807) is 38.1 Å². The second kappa shape index (κ2) is 7.06. The first kappa shape index (κ1) is 17.4. The van der Waals surface area contributed by atoms with Gasteiger partial charge in [-0.05, 0) is 43.7 Å². The number of furan rings is 1. The predicted molar refractivity (Wildman–Crippen MR) is 87.2 cm³/mol. The molecule has 122 valence electrons. The van der Waals surface area contributed by atoms with Crippen LogP contribution in [0.25, 0.3) is 0 Å². The van der Waals surface area contributed by atoms with E-state index in [0.29, 0.717) is 32.7 Å². The molecule has 0 aliphatic carbocycles. The summed E-state index contributed by atoms with van der Waals surface area (Å²) in [6, 6.07) is 5.25. The Balaban J connectivity index is 2.17. The fraction of sp³-hybridized carbons (Fsp3) is 0.250. The lowest BCUT2D eigenvalue weighted by molar-refractivity contribution is -0.139. The minimum absolute atomic E-state index is 0.0667. The van der Waals surface area contributed by atoms with Gasteiger partial charge in [0.15, 0.2) is 0 Å². The van der Waals surface area contributed by atoms with Gasteiger partial charge in [-0.25, -0.2) is 4.79 Å². The summed E-state index contributed by atoms with van der Waals surface area (Å²) in [6.07, 6.45) is 0.0667. The van der Waals surface area contributed by atoms with Gasteiger partial charge in [-0.2, -0.15) is 0 Å². The zero-order valence-electron chi connectivity index (χ0n) is 12.5. The van der Waals surface area contributed by atoms with E-state index in [4.69, 9.17) is 27.6 Å². The lowest BCUT2D eigenvalue weighted by atomic mass is 10.1. The van der Waals surface area contributed by atoms with E-state index in [1.165, 1.54) is 0 Å². The summed E-state index contributed by atoms with van der Waals surface area (Å²) in [4.78, 5) is 23.7. The number of carboxylic acids is 1. The van der Waals surface area contributed by atoms with E-state index < -0.39 is 17.9 Å². The molecule has 0 bridgehead atoms. The molecule has 2 aromatic rings. The number of hydrogen-bond donors (Lipinski definition) is 2. The Bertz CT molecular complexity index is 734. The minimum Gasteiger partial charge on any atom is -0.480 e. The van der Waals surface area contributed by atoms with E-state index in [9.17, 15) is 14.7 Å². The summed E-state index contributed by atoms with van der Waals surface area (Å²) in [5.74, 6) is -0.622. The number of hydrogen-bond acceptors (Lipinski definition) is 3. The lowest BCUT2D eigenvalue weighted by Gasteiger charge is -2.15. The van der Waals surface area contributed by atoms with Crippen LogP contribution in [0.3, 0.4) is 0 Å². The van der Waals surface area contributed by atoms with Crippen molar-refractivity contribution in [2.45, 2.75) is 26.3 Å². The average molecular weight is 356 g/mol. The average Bonchev–Trinajstić information content (AvgIpc) is 2.75. The Labute approximate surface area is 143 Å². The number of amides is 1. The molecule has 1 aromatic heterocycles. The maximum absolute atomic E-state index is 12.2. The highest BCUT2D eigenvalue weighted by atomic mass is 35.5. The summed E-state index contributed by atoms with van der Waals surface area (Å²) >= 11 is 11.8. The molecule has 0 radical (unpaired) electrons. The van der Waals surface area contributed by atoms with Crippen LogP contribution in [0, 0.1) is 13.8 Å². The van der Waals surface area contributed by atoms with Crippen LogP contribution >= 0.6 is 23.2 Å². The van der Waals surface area contributed by atoms with Crippen molar-refractivity contribution in [1.82, 2.24) is 5.32 Å². The molecule has 1 amide bonds. The molecule has 1 aromatic carbocycles. The van der Waals surface area contributed by atoms with Crippen LogP contribution < -0.4 is 5.32 Å². The summed E-state index contributed by atoms with van der Waals surface area (Å²) in [5, 5.41) is 12.6. The first-order valence-electron chi connectivity index (χ1n) is 6.82. The van der Waals surface area contributed by atoms with Gasteiger partial charge in [0.05, 0.1) is 5.56 Å². The molecule has 1 atom stereocenters. The molecular formula is C16H15Cl2NO4. The molecule has 0 aliphatic heterocycles. The number of halogens is 2. The summed E-state index contributed by atoms with van der Waals surface area (Å²) in [6.45, 7) is 3.36. The topological polar surface area (TPSA) is 79.5 Å². The van der Waals surface area contributed by atoms with Crippen molar-refractivity contribution in [3.8, 4) is 0 Å². The van der Waals surface area contributed by atoms with Crippen molar-refractivity contribution in [3.63, 3.8) is 0 Å². The van der Waals surface area contributed by atoms with Crippen LogP contribution in [0.2, 0.25) is 10.0 Å². The van der Waals surface area contributed by atoms with E-state index in [0.717, 1.165) is 0 Å². The zero-order valence-corrected chi connectivity index (χ0v) is 14.0. The monoisotopic (exact) mass is 355 g/mol. The first-order valence-corrected chi connectivity index (χ1v) is 7.57. The third-order valence-corrected chi connectivity index (χ3v) is 3.69. The number of carbonyl (C=O) groups is 2. The second-order valence-electron chi connectivity index (χ2n) is 5.17. The number of aliphatic carboxylic acids is 1. The normalized spacial score (nSPS) is 12.0. The van der Waals surface area contributed by atoms with Gasteiger partial charge in [0.2, 0.25) is 0 Å². The first-order chi connectivity index (χ1) is 10.8. The SMILES string of the molecule is Cc1cc(C(=O)NC(Cc2cc(Cl)cc(Cl)c2)C(=O)O)c(C)o1. The molecule has 1 unspecified atom stereocenters. The van der Waals surface area contributed by atoms with Crippen LogP contribution in [0.1, 0.15) is 27.4 Å². The molecule has 0 spiro atoms. The van der Waals surface area contributed by atoms with Crippen molar-refractivity contribution in [3.05, 3.63) is 57.0 Å². The molecular weight excluding hydrogens is 341 g/mol. The van der Waals surface area contributed by atoms with Crippen molar-refractivity contribution >= 4 is 35.1 Å². The molecule has 5 nitrogen and oxygen atoms in total. The predicted octanol–water partition coefficient (Wildman–Crippen LogP) is 3.63. The highest BCUT2D eigenvalue weighted by molar-refractivity contribution is 6.34. The number of benzene rings is 1. The van der Waals surface area contributed by atoms with Crippen LogP contribution in [0.5, 0.6) is 0 Å². The van der Waals surface area contributed by atoms with Gasteiger partial charge < -0.3 is 14.8 Å². The second-order valence-corrected chi connectivity index (χ2v) is 6.05. The highest BCUT2D eigenvalue weighted by Crippen LogP contribution is 2.20. The Kier molecular flexibility index (Phi) is 5.34. The third kappa shape index (κ3) is 4.50. The number of aryl methyl sites for hydroxylation is 2. The standard InChI is InChI=1S/C16H15Cl2NO4/c1-8-3-13(9(2)23-8)15(20)19-14(16(21)22)6-10-4-11(17)7-12(18)5-10/h3-5,7,14H,6H2,1-2H3,(H,19,20)(H,21,22). The third-order valence-electron chi connectivity index (χ3n) is 3.25. The van der Waals surface area contributed by atoms with Gasteiger partial charge in [-0.1, -0.05) is 23.2 Å². The fourth-order valence-electron chi connectivity index (χ4n) is 2.26. The Hall–Kier alpha value is -1.98. The van der Waals surface area contributed by atoms with Crippen LogP contribution in [-0.4, -0.2) is 23.0 Å². The van der Waals surface area contributed by atoms with E-state index >= 15 is 0 Å². The smallest absolute Gasteiger partial charge is 0.326 e. The number of rotatable bonds is 5. The van der Waals surface area contributed by atoms with Crippen molar-refractivity contribution in [1.29, 1.82) is 0 Å². The van der Waals surface area contributed by atoms with Gasteiger partial charge >= 0.3 is 5.97 Å². The van der Waals surface area contributed by atoms with Gasteiger partial charge in [0.25, 0.3) is 5.91 Å². The highest BCUT2D eigenvalue weighted by Gasteiger charge is 2.23. The van der Waals surface area contributed by atoms with Crippen LogP contribution in [0.4, 0.5) is 0 Å². The Morgan fingerprint density at radius 2 is 1.78 bits per heavy atom. The van der Waals surface area contributed by atoms with E-state index in [1.807, 2.05) is 0 Å². The van der Waals surface area contributed by atoms with Crippen molar-refractivity contribution in [2.75, 3.05) is 0 Å². The van der Waals surface area contributed by atoms with E-state index in [2.05, 4.69) is 5.32 Å². The van der Waals surface area contributed by atoms with Crippen molar-refractivity contribution in [2.24, 2.45) is 0 Å². The molecule has 1 heterocycles. The number of carbonyl (C=O) groups excluding carboxylic acids is 1. The molecule has 7 heteroatoms. The van der Waals surface area contributed by atoms with Crippen LogP contribution in [-0.2, 0) is 11.2 Å². The van der Waals surface area contributed by atoms with Gasteiger partial charge in [0.1, 0.15) is 17.6 Å². The number of carboxylic acid groups (broad SMARTS) is 1. The molecule has 2 rings (SSSR count). The zero-order chi connectivity index (χ0) is 17.1. The molecule has 0 fully saturated rings. The molecule has 0 saturated heterocycles. The van der Waals surface area contributed by atoms with Gasteiger partial charge in [-0.3, -0.25) is 4.79 Å². The number of nitrogens with one attached hydrogen (secondary N) is 1. The maximum Gasteiger partial charge on any atom is 0.326 e. The molecule has 23 heavy (non-hydrogen) atoms. The maximum atomic E-state index is 12.2. The lowest BCUT2D eigenvalue weighted by Crippen LogP contribution is -2.42. The minimum atomic E-state index is -1.15. The summed E-state index contributed by atoms with van der Waals surface area (Å²) in [5.41, 5.74) is 0.938. The van der Waals surface area contributed by atoms with Crippen molar-refractivity contribution < 1.29 is 19.1 Å². The van der Waals surface area contributed by atoms with Gasteiger partial charge in [-0.15, -0.1) is 0 Å². The van der Waals surface area contributed by atoms with E-state index in [-0.39, 0.29) is 6.42 Å². The van der Waals surface area contributed by atoms with Crippen LogP contribution in [0.15, 0.2) is 28.7 Å². The molecule has 0 aliphatic rings. The fourth-order valence-corrected chi connectivity index (χ4v) is 2.83. The molecule has 0 saturated carbocycles. The Morgan fingerprint density at radius 1 is 1.17 bits per heavy atom.